The number of hydrogen-bond donors (Lipinski definition) is 2. The normalized spacial score (nSPS) is 19.0. The van der Waals surface area contributed by atoms with Crippen LogP contribution < -0.4 is 10.6 Å². The highest BCUT2D eigenvalue weighted by Crippen LogP contribution is 2.38. The summed E-state index contributed by atoms with van der Waals surface area (Å²) in [6, 6.07) is 14.8. The van der Waals surface area contributed by atoms with E-state index in [0.717, 1.165) is 26.1 Å². The number of nitrogens with zero attached hydrogens (tertiary/aromatic N) is 2. The van der Waals surface area contributed by atoms with Crippen molar-refractivity contribution in [2.75, 3.05) is 19.6 Å². The van der Waals surface area contributed by atoms with Crippen LogP contribution in [0.2, 0.25) is 0 Å². The molecule has 172 valence electrons. The Balaban J connectivity index is 0.00000245. The van der Waals surface area contributed by atoms with E-state index in [-0.39, 0.29) is 12.4 Å². The van der Waals surface area contributed by atoms with Crippen molar-refractivity contribution >= 4 is 23.3 Å². The molecule has 1 unspecified atom stereocenters. The van der Waals surface area contributed by atoms with E-state index in [1.54, 1.807) is 0 Å². The average Bonchev–Trinajstić information content (AvgIpc) is 3.23. The summed E-state index contributed by atoms with van der Waals surface area (Å²) >= 11 is 0. The summed E-state index contributed by atoms with van der Waals surface area (Å²) in [6.45, 7) is 3.33. The van der Waals surface area contributed by atoms with Crippen LogP contribution in [0.25, 0.3) is 10.9 Å². The van der Waals surface area contributed by atoms with Gasteiger partial charge in [-0.1, -0.05) is 37.5 Å². The van der Waals surface area contributed by atoms with Crippen LogP contribution in [0.5, 0.6) is 0 Å². The lowest BCUT2D eigenvalue weighted by Gasteiger charge is -2.25. The number of halogens is 1. The van der Waals surface area contributed by atoms with Crippen LogP contribution >= 0.6 is 12.4 Å². The molecule has 3 heterocycles. The second kappa shape index (κ2) is 11.3. The number of rotatable bonds is 7. The van der Waals surface area contributed by atoms with Crippen molar-refractivity contribution in [3.05, 3.63) is 66.1 Å². The number of para-hydroxylation sites is 1. The van der Waals surface area contributed by atoms with Crippen molar-refractivity contribution in [3.8, 4) is 0 Å². The van der Waals surface area contributed by atoms with Crippen LogP contribution in [0.3, 0.4) is 0 Å². The van der Waals surface area contributed by atoms with Gasteiger partial charge in [0.2, 0.25) is 0 Å². The lowest BCUT2D eigenvalue weighted by molar-refractivity contribution is 0.360. The molecule has 5 rings (SSSR count). The molecule has 0 radical (unpaired) electrons. The molecule has 2 N–H and O–H groups in total. The Morgan fingerprint density at radius 3 is 2.50 bits per heavy atom. The van der Waals surface area contributed by atoms with Crippen LogP contribution in [0.1, 0.15) is 74.5 Å². The summed E-state index contributed by atoms with van der Waals surface area (Å²) in [5, 5.41) is 8.74. The minimum Gasteiger partial charge on any atom is -0.344 e. The molecule has 1 saturated heterocycles. The van der Waals surface area contributed by atoms with Gasteiger partial charge in [-0.2, -0.15) is 0 Å². The third-order valence-corrected chi connectivity index (χ3v) is 7.43. The van der Waals surface area contributed by atoms with E-state index in [1.165, 1.54) is 67.0 Å². The molecule has 1 saturated carbocycles. The van der Waals surface area contributed by atoms with Crippen LogP contribution in [0.4, 0.5) is 0 Å². The molecule has 1 atom stereocenters. The smallest absolute Gasteiger partial charge is 0.0485 e. The first-order valence-corrected chi connectivity index (χ1v) is 12.3. The summed E-state index contributed by atoms with van der Waals surface area (Å²) in [5.41, 5.74) is 4.28. The van der Waals surface area contributed by atoms with Gasteiger partial charge in [0, 0.05) is 47.5 Å². The molecule has 0 bridgehead atoms. The molecule has 2 aliphatic rings. The van der Waals surface area contributed by atoms with Crippen LogP contribution in [-0.4, -0.2) is 35.2 Å². The van der Waals surface area contributed by atoms with Gasteiger partial charge >= 0.3 is 0 Å². The van der Waals surface area contributed by atoms with Crippen molar-refractivity contribution in [1.82, 2.24) is 20.2 Å². The Bertz CT molecular complexity index is 958. The zero-order chi connectivity index (χ0) is 20.9. The molecule has 0 spiro atoms. The molecule has 4 nitrogen and oxygen atoms in total. The van der Waals surface area contributed by atoms with Gasteiger partial charge in [-0.3, -0.25) is 4.98 Å². The highest BCUT2D eigenvalue weighted by Gasteiger charge is 2.24. The van der Waals surface area contributed by atoms with Crippen molar-refractivity contribution in [1.29, 1.82) is 0 Å². The predicted octanol–water partition coefficient (Wildman–Crippen LogP) is 5.83. The molecule has 1 aliphatic carbocycles. The maximum atomic E-state index is 4.29. The molecule has 32 heavy (non-hydrogen) atoms. The number of nitrogens with one attached hydrogen (secondary N) is 2. The fourth-order valence-electron chi connectivity index (χ4n) is 5.73. The second-order valence-electron chi connectivity index (χ2n) is 9.40. The fourth-order valence-corrected chi connectivity index (χ4v) is 5.73. The topological polar surface area (TPSA) is 41.9 Å². The van der Waals surface area contributed by atoms with E-state index in [4.69, 9.17) is 0 Å². The number of pyridine rings is 1. The second-order valence-corrected chi connectivity index (χ2v) is 9.40. The van der Waals surface area contributed by atoms with Gasteiger partial charge in [-0.15, -0.1) is 12.4 Å². The van der Waals surface area contributed by atoms with Crippen molar-refractivity contribution in [2.24, 2.45) is 0 Å². The molecular formula is C27H37ClN4. The summed E-state index contributed by atoms with van der Waals surface area (Å²) < 4.78 is 2.61. The molecule has 1 aliphatic heterocycles. The zero-order valence-corrected chi connectivity index (χ0v) is 19.8. The number of aromatic nitrogens is 2. The molecule has 3 aromatic rings. The molecule has 2 fully saturated rings. The van der Waals surface area contributed by atoms with E-state index in [2.05, 4.69) is 62.8 Å². The standard InChI is InChI=1S/C27H36N4.ClH/c1-2-6-23(7-3-1)31-20-26(25-8-4-5-9-27(25)31)24(21-10-15-28-16-11-21)14-19-30-22-12-17-29-18-13-22;/h4-5,8-11,15-16,20,22-24,29-30H,1-3,6-7,12-14,17-19H2;1H. The highest BCUT2D eigenvalue weighted by molar-refractivity contribution is 5.85. The monoisotopic (exact) mass is 452 g/mol. The molecule has 1 aromatic carbocycles. The lowest BCUT2D eigenvalue weighted by atomic mass is 9.88. The molecular weight excluding hydrogens is 416 g/mol. The minimum absolute atomic E-state index is 0. The van der Waals surface area contributed by atoms with Gasteiger partial charge in [0.15, 0.2) is 0 Å². The van der Waals surface area contributed by atoms with Crippen LogP contribution in [0.15, 0.2) is 55.0 Å². The Morgan fingerprint density at radius 1 is 0.969 bits per heavy atom. The Morgan fingerprint density at radius 2 is 1.72 bits per heavy atom. The first-order valence-electron chi connectivity index (χ1n) is 12.3. The van der Waals surface area contributed by atoms with Gasteiger partial charge < -0.3 is 15.2 Å². The third kappa shape index (κ3) is 5.19. The number of piperidine rings is 1. The Labute approximate surface area is 198 Å². The summed E-state index contributed by atoms with van der Waals surface area (Å²) in [5.74, 6) is 0.395. The predicted molar refractivity (Wildman–Crippen MR) is 136 cm³/mol. The Kier molecular flexibility index (Phi) is 8.23. The minimum atomic E-state index is 0. The van der Waals surface area contributed by atoms with E-state index in [1.807, 2.05) is 12.4 Å². The lowest BCUT2D eigenvalue weighted by Crippen LogP contribution is -2.40. The first-order chi connectivity index (χ1) is 15.4. The first kappa shape index (κ1) is 23.3. The summed E-state index contributed by atoms with van der Waals surface area (Å²) in [4.78, 5) is 4.29. The maximum absolute atomic E-state index is 4.29. The van der Waals surface area contributed by atoms with Gasteiger partial charge in [0.25, 0.3) is 0 Å². The third-order valence-electron chi connectivity index (χ3n) is 7.43. The van der Waals surface area contributed by atoms with Crippen LogP contribution in [0, 0.1) is 0 Å². The summed E-state index contributed by atoms with van der Waals surface area (Å²) in [6.07, 6.45) is 16.7. The quantitative estimate of drug-likeness (QED) is 0.474. The van der Waals surface area contributed by atoms with Gasteiger partial charge in [0.05, 0.1) is 0 Å². The van der Waals surface area contributed by atoms with E-state index in [0.29, 0.717) is 18.0 Å². The van der Waals surface area contributed by atoms with Gasteiger partial charge in [-0.05, 0) is 81.1 Å². The number of fused-ring (bicyclic) bond motifs is 1. The maximum Gasteiger partial charge on any atom is 0.0485 e. The van der Waals surface area contributed by atoms with E-state index >= 15 is 0 Å². The average molecular weight is 453 g/mol. The number of benzene rings is 1. The zero-order valence-electron chi connectivity index (χ0n) is 19.0. The molecule has 2 aromatic heterocycles. The highest BCUT2D eigenvalue weighted by atomic mass is 35.5. The van der Waals surface area contributed by atoms with Crippen molar-refractivity contribution in [3.63, 3.8) is 0 Å². The number of hydrogen-bond acceptors (Lipinski definition) is 3. The Hall–Kier alpha value is -1.88. The van der Waals surface area contributed by atoms with Crippen molar-refractivity contribution in [2.45, 2.75) is 69.4 Å². The molecule has 5 heteroatoms. The van der Waals surface area contributed by atoms with Crippen LogP contribution in [-0.2, 0) is 0 Å². The molecule has 0 amide bonds. The van der Waals surface area contributed by atoms with E-state index < -0.39 is 0 Å². The largest absolute Gasteiger partial charge is 0.344 e. The fraction of sp³-hybridized carbons (Fsp3) is 0.519. The van der Waals surface area contributed by atoms with Gasteiger partial charge in [0.1, 0.15) is 0 Å². The van der Waals surface area contributed by atoms with Crippen molar-refractivity contribution < 1.29 is 0 Å². The SMILES string of the molecule is Cl.c1ccc2c(c1)c(C(CCNC1CCNCC1)c1ccncc1)cn2C1CCCCC1. The summed E-state index contributed by atoms with van der Waals surface area (Å²) in [7, 11) is 0. The van der Waals surface area contributed by atoms with Gasteiger partial charge in [-0.25, -0.2) is 0 Å². The van der Waals surface area contributed by atoms with E-state index in [9.17, 15) is 0 Å².